The van der Waals surface area contributed by atoms with Gasteiger partial charge in [-0.05, 0) is 103 Å². The van der Waals surface area contributed by atoms with E-state index in [-0.39, 0.29) is 36.3 Å². The average molecular weight is 725 g/mol. The van der Waals surface area contributed by atoms with Crippen LogP contribution in [0, 0.1) is 0 Å². The van der Waals surface area contributed by atoms with Crippen LogP contribution in [0.4, 0.5) is 49.6 Å². The van der Waals surface area contributed by atoms with Crippen molar-refractivity contribution in [1.29, 1.82) is 0 Å². The fourth-order valence-corrected chi connectivity index (χ4v) is 3.98. The zero-order valence-corrected chi connectivity index (χ0v) is 29.6. The standard InChI is InChI=1S/C18H22F3N3O2.C17H20F3N3O2/c1-5-10-25-15-14(18(19,20)21)11-22-16(24-15)23-12-6-8-13(9-7-12)26-17(2,3)4;1-5-24-14-13(17(18,19)20)10-21-15(23-14)22-11-6-8-12(9-7-11)25-16(2,3)4/h6-9,11H,5,10H2,1-4H3,(H,22,23,24);6-10H,5H2,1-4H3,(H,21,22,23). The minimum Gasteiger partial charge on any atom is -0.488 e. The van der Waals surface area contributed by atoms with Gasteiger partial charge in [-0.15, -0.1) is 0 Å². The Hall–Kier alpha value is -5.02. The molecule has 0 aliphatic heterocycles. The summed E-state index contributed by atoms with van der Waals surface area (Å²) in [7, 11) is 0. The predicted octanol–water partition coefficient (Wildman–Crippen LogP) is 10.0. The van der Waals surface area contributed by atoms with Crippen LogP contribution in [0.3, 0.4) is 0 Å². The Morgan fingerprint density at radius 1 is 0.569 bits per heavy atom. The van der Waals surface area contributed by atoms with Gasteiger partial charge in [-0.1, -0.05) is 6.92 Å². The summed E-state index contributed by atoms with van der Waals surface area (Å²) in [5.41, 5.74) is -1.41. The lowest BCUT2D eigenvalue weighted by Gasteiger charge is -2.21. The smallest absolute Gasteiger partial charge is 0.423 e. The molecule has 0 unspecified atom stereocenters. The summed E-state index contributed by atoms with van der Waals surface area (Å²) in [6.07, 6.45) is -7.16. The van der Waals surface area contributed by atoms with Crippen molar-refractivity contribution in [2.75, 3.05) is 23.8 Å². The highest BCUT2D eigenvalue weighted by atomic mass is 19.4. The third-order valence-corrected chi connectivity index (χ3v) is 5.91. The van der Waals surface area contributed by atoms with Gasteiger partial charge in [0, 0.05) is 23.8 Å². The summed E-state index contributed by atoms with van der Waals surface area (Å²) in [6, 6.07) is 13.9. The molecule has 278 valence electrons. The molecular weight excluding hydrogens is 682 g/mol. The predicted molar refractivity (Wildman–Crippen MR) is 181 cm³/mol. The average Bonchev–Trinajstić information content (AvgIpc) is 3.00. The second kappa shape index (κ2) is 16.8. The number of aromatic nitrogens is 4. The lowest BCUT2D eigenvalue weighted by molar-refractivity contribution is -0.140. The number of rotatable bonds is 11. The molecule has 0 spiro atoms. The SMILES string of the molecule is CCCOc1nc(Nc2ccc(OC(C)(C)C)cc2)ncc1C(F)(F)F.CCOc1nc(Nc2ccc(OC(C)(C)C)cc2)ncc1C(F)(F)F. The van der Waals surface area contributed by atoms with Crippen molar-refractivity contribution in [3.8, 4) is 23.3 Å². The van der Waals surface area contributed by atoms with Gasteiger partial charge in [0.05, 0.1) is 13.2 Å². The second-order valence-electron chi connectivity index (χ2n) is 12.8. The molecule has 0 saturated carbocycles. The van der Waals surface area contributed by atoms with E-state index in [0.29, 0.717) is 35.5 Å². The van der Waals surface area contributed by atoms with Crippen LogP contribution in [-0.2, 0) is 12.4 Å². The van der Waals surface area contributed by atoms with Gasteiger partial charge in [-0.25, -0.2) is 9.97 Å². The van der Waals surface area contributed by atoms with E-state index in [1.807, 2.05) is 41.5 Å². The molecule has 0 radical (unpaired) electrons. The maximum Gasteiger partial charge on any atom is 0.423 e. The minimum absolute atomic E-state index is 0.0148. The molecule has 16 heteroatoms. The van der Waals surface area contributed by atoms with Crippen LogP contribution < -0.4 is 29.6 Å². The molecular formula is C35H42F6N6O4. The maximum absolute atomic E-state index is 13.0. The van der Waals surface area contributed by atoms with Gasteiger partial charge in [-0.2, -0.15) is 36.3 Å². The van der Waals surface area contributed by atoms with Gasteiger partial charge >= 0.3 is 12.4 Å². The van der Waals surface area contributed by atoms with Crippen molar-refractivity contribution in [2.24, 2.45) is 0 Å². The largest absolute Gasteiger partial charge is 0.488 e. The number of benzene rings is 2. The summed E-state index contributed by atoms with van der Waals surface area (Å²) in [6.45, 7) is 15.2. The molecule has 0 amide bonds. The normalized spacial score (nSPS) is 12.0. The first-order valence-corrected chi connectivity index (χ1v) is 15.9. The summed E-state index contributed by atoms with van der Waals surface area (Å²) in [4.78, 5) is 15.1. The van der Waals surface area contributed by atoms with Crippen molar-refractivity contribution >= 4 is 23.3 Å². The van der Waals surface area contributed by atoms with E-state index in [9.17, 15) is 26.3 Å². The Bertz CT molecular complexity index is 1690. The molecule has 10 nitrogen and oxygen atoms in total. The van der Waals surface area contributed by atoms with E-state index in [0.717, 1.165) is 6.20 Å². The Morgan fingerprint density at radius 3 is 1.25 bits per heavy atom. The first-order valence-electron chi connectivity index (χ1n) is 15.9. The molecule has 4 aromatic rings. The molecule has 0 saturated heterocycles. The molecule has 2 heterocycles. The molecule has 0 aliphatic carbocycles. The number of ether oxygens (including phenoxy) is 4. The zero-order chi connectivity index (χ0) is 38.0. The topological polar surface area (TPSA) is 113 Å². The molecule has 0 atom stereocenters. The van der Waals surface area contributed by atoms with Gasteiger partial charge in [0.1, 0.15) is 33.8 Å². The number of nitrogens with one attached hydrogen (secondary N) is 2. The van der Waals surface area contributed by atoms with Gasteiger partial charge in [0.2, 0.25) is 23.7 Å². The van der Waals surface area contributed by atoms with Crippen molar-refractivity contribution in [3.63, 3.8) is 0 Å². The molecule has 2 aromatic carbocycles. The lowest BCUT2D eigenvalue weighted by atomic mass is 10.2. The van der Waals surface area contributed by atoms with Crippen LogP contribution in [0.15, 0.2) is 60.9 Å². The number of halogens is 6. The van der Waals surface area contributed by atoms with Crippen LogP contribution in [0.25, 0.3) is 0 Å². The highest BCUT2D eigenvalue weighted by molar-refractivity contribution is 5.56. The molecule has 0 fully saturated rings. The first-order chi connectivity index (χ1) is 23.7. The first kappa shape index (κ1) is 40.4. The fourth-order valence-electron chi connectivity index (χ4n) is 3.98. The van der Waals surface area contributed by atoms with Gasteiger partial charge in [0.25, 0.3) is 0 Å². The Balaban J connectivity index is 0.000000276. The lowest BCUT2D eigenvalue weighted by Crippen LogP contribution is -2.22. The van der Waals surface area contributed by atoms with Crippen LogP contribution in [0.1, 0.15) is 72.9 Å². The van der Waals surface area contributed by atoms with Gasteiger partial charge < -0.3 is 29.6 Å². The molecule has 0 aliphatic rings. The summed E-state index contributed by atoms with van der Waals surface area (Å²) < 4.78 is 99.4. The van der Waals surface area contributed by atoms with E-state index < -0.39 is 35.2 Å². The third kappa shape index (κ3) is 13.7. The summed E-state index contributed by atoms with van der Waals surface area (Å²) in [5.74, 6) is 0.420. The number of nitrogens with zero attached hydrogens (tertiary/aromatic N) is 4. The number of hydrogen-bond donors (Lipinski definition) is 2. The van der Waals surface area contributed by atoms with E-state index in [1.165, 1.54) is 0 Å². The fraction of sp³-hybridized carbons (Fsp3) is 0.429. The Kier molecular flexibility index (Phi) is 13.3. The Labute approximate surface area is 293 Å². The Morgan fingerprint density at radius 2 is 0.941 bits per heavy atom. The second-order valence-corrected chi connectivity index (χ2v) is 12.8. The van der Waals surface area contributed by atoms with E-state index >= 15 is 0 Å². The van der Waals surface area contributed by atoms with E-state index in [4.69, 9.17) is 18.9 Å². The highest BCUT2D eigenvalue weighted by Crippen LogP contribution is 2.36. The number of alkyl halides is 6. The molecule has 2 aromatic heterocycles. The quantitative estimate of drug-likeness (QED) is 0.145. The summed E-state index contributed by atoms with van der Waals surface area (Å²) in [5, 5.41) is 5.71. The van der Waals surface area contributed by atoms with Crippen molar-refractivity contribution < 1.29 is 45.3 Å². The number of hydrogen-bond acceptors (Lipinski definition) is 10. The molecule has 51 heavy (non-hydrogen) atoms. The van der Waals surface area contributed by atoms with Crippen LogP contribution in [0.5, 0.6) is 23.3 Å². The van der Waals surface area contributed by atoms with E-state index in [2.05, 4.69) is 30.6 Å². The van der Waals surface area contributed by atoms with Crippen molar-refractivity contribution in [3.05, 3.63) is 72.1 Å². The van der Waals surface area contributed by atoms with Crippen LogP contribution in [-0.4, -0.2) is 44.4 Å². The van der Waals surface area contributed by atoms with Crippen LogP contribution >= 0.6 is 0 Å². The summed E-state index contributed by atoms with van der Waals surface area (Å²) >= 11 is 0. The van der Waals surface area contributed by atoms with E-state index in [1.54, 1.807) is 62.4 Å². The highest BCUT2D eigenvalue weighted by Gasteiger charge is 2.37. The van der Waals surface area contributed by atoms with Gasteiger partial charge in [-0.3, -0.25) is 0 Å². The zero-order valence-electron chi connectivity index (χ0n) is 29.6. The minimum atomic E-state index is -4.58. The number of anilines is 4. The third-order valence-electron chi connectivity index (χ3n) is 5.91. The molecule has 4 rings (SSSR count). The van der Waals surface area contributed by atoms with Crippen molar-refractivity contribution in [1.82, 2.24) is 19.9 Å². The molecule has 2 N–H and O–H groups in total. The van der Waals surface area contributed by atoms with Gasteiger partial charge in [0.15, 0.2) is 0 Å². The maximum atomic E-state index is 13.0. The van der Waals surface area contributed by atoms with Crippen LogP contribution in [0.2, 0.25) is 0 Å². The van der Waals surface area contributed by atoms with Crippen molar-refractivity contribution in [2.45, 2.75) is 85.4 Å². The molecule has 0 bridgehead atoms. The monoisotopic (exact) mass is 724 g/mol.